The second-order valence-corrected chi connectivity index (χ2v) is 5.67. The van der Waals surface area contributed by atoms with Gasteiger partial charge in [0.05, 0.1) is 6.10 Å². The van der Waals surface area contributed by atoms with E-state index in [1.54, 1.807) is 6.07 Å². The molecule has 0 heterocycles. The third-order valence-electron chi connectivity index (χ3n) is 3.29. The summed E-state index contributed by atoms with van der Waals surface area (Å²) in [5, 5.41) is 0. The summed E-state index contributed by atoms with van der Waals surface area (Å²) >= 11 is 3.34. The number of carbonyl (C=O) groups excluding carboxylic acids is 1. The first kappa shape index (κ1) is 12.6. The van der Waals surface area contributed by atoms with E-state index in [2.05, 4.69) is 22.9 Å². The first-order valence-electron chi connectivity index (χ1n) is 6.10. The molecule has 2 unspecified atom stereocenters. The van der Waals surface area contributed by atoms with Gasteiger partial charge >= 0.3 is 0 Å². The number of aldehydes is 1. The number of rotatable bonds is 3. The molecule has 92 valence electrons. The minimum atomic E-state index is 0.305. The number of halogens is 1. The summed E-state index contributed by atoms with van der Waals surface area (Å²) in [6, 6.07) is 5.58. The molecule has 0 radical (unpaired) electrons. The van der Waals surface area contributed by atoms with Gasteiger partial charge in [0, 0.05) is 10.0 Å². The monoisotopic (exact) mass is 296 g/mol. The molecule has 1 fully saturated rings. The smallest absolute Gasteiger partial charge is 0.151 e. The second-order valence-electron chi connectivity index (χ2n) is 4.81. The van der Waals surface area contributed by atoms with E-state index in [0.29, 0.717) is 11.7 Å². The number of benzene rings is 1. The van der Waals surface area contributed by atoms with E-state index in [9.17, 15) is 4.79 Å². The fourth-order valence-corrected chi connectivity index (χ4v) is 2.70. The van der Waals surface area contributed by atoms with Crippen LogP contribution in [0.5, 0.6) is 5.75 Å². The van der Waals surface area contributed by atoms with Gasteiger partial charge in [-0.3, -0.25) is 4.79 Å². The molecule has 3 heteroatoms. The Kier molecular flexibility index (Phi) is 4.21. The molecule has 2 rings (SSSR count). The molecule has 2 nitrogen and oxygen atoms in total. The molecule has 1 saturated carbocycles. The zero-order valence-electron chi connectivity index (χ0n) is 9.99. The van der Waals surface area contributed by atoms with Crippen molar-refractivity contribution in [3.63, 3.8) is 0 Å². The van der Waals surface area contributed by atoms with E-state index in [4.69, 9.17) is 4.74 Å². The van der Waals surface area contributed by atoms with E-state index >= 15 is 0 Å². The largest absolute Gasteiger partial charge is 0.490 e. The SMILES string of the molecule is CC1CCCC(Oc2ccc(Br)c(C=O)c2)C1. The van der Waals surface area contributed by atoms with Gasteiger partial charge in [0.15, 0.2) is 6.29 Å². The Bertz CT molecular complexity index is 403. The number of ether oxygens (including phenoxy) is 1. The first-order valence-corrected chi connectivity index (χ1v) is 6.89. The summed E-state index contributed by atoms with van der Waals surface area (Å²) in [6.45, 7) is 2.27. The average molecular weight is 297 g/mol. The summed E-state index contributed by atoms with van der Waals surface area (Å²) < 4.78 is 6.76. The fourth-order valence-electron chi connectivity index (χ4n) is 2.36. The number of carbonyl (C=O) groups is 1. The van der Waals surface area contributed by atoms with Crippen LogP contribution in [-0.4, -0.2) is 12.4 Å². The fraction of sp³-hybridized carbons (Fsp3) is 0.500. The Morgan fingerprint density at radius 3 is 2.94 bits per heavy atom. The minimum absolute atomic E-state index is 0.305. The highest BCUT2D eigenvalue weighted by Gasteiger charge is 2.20. The molecule has 0 aliphatic heterocycles. The van der Waals surface area contributed by atoms with Gasteiger partial charge in [-0.1, -0.05) is 29.3 Å². The molecule has 1 aromatic rings. The van der Waals surface area contributed by atoms with E-state index in [-0.39, 0.29) is 0 Å². The Morgan fingerprint density at radius 2 is 2.24 bits per heavy atom. The summed E-state index contributed by atoms with van der Waals surface area (Å²) in [5.74, 6) is 1.55. The maximum atomic E-state index is 10.8. The van der Waals surface area contributed by atoms with Crippen LogP contribution in [0.15, 0.2) is 22.7 Å². The van der Waals surface area contributed by atoms with Crippen molar-refractivity contribution in [1.29, 1.82) is 0 Å². The van der Waals surface area contributed by atoms with Crippen LogP contribution in [-0.2, 0) is 0 Å². The lowest BCUT2D eigenvalue weighted by Crippen LogP contribution is -2.24. The molecule has 0 N–H and O–H groups in total. The van der Waals surface area contributed by atoms with Crippen molar-refractivity contribution in [3.8, 4) is 5.75 Å². The maximum Gasteiger partial charge on any atom is 0.151 e. The quantitative estimate of drug-likeness (QED) is 0.781. The van der Waals surface area contributed by atoms with Gasteiger partial charge < -0.3 is 4.74 Å². The molecule has 0 bridgehead atoms. The molecule has 0 amide bonds. The van der Waals surface area contributed by atoms with Crippen LogP contribution >= 0.6 is 15.9 Å². The van der Waals surface area contributed by atoms with Crippen molar-refractivity contribution < 1.29 is 9.53 Å². The van der Waals surface area contributed by atoms with Crippen LogP contribution in [0.3, 0.4) is 0 Å². The molecule has 2 atom stereocenters. The minimum Gasteiger partial charge on any atom is -0.490 e. The van der Waals surface area contributed by atoms with Crippen LogP contribution in [0.25, 0.3) is 0 Å². The molecule has 1 aliphatic rings. The lowest BCUT2D eigenvalue weighted by Gasteiger charge is -2.27. The summed E-state index contributed by atoms with van der Waals surface area (Å²) in [7, 11) is 0. The summed E-state index contributed by atoms with van der Waals surface area (Å²) in [4.78, 5) is 10.8. The van der Waals surface area contributed by atoms with E-state index in [1.165, 1.54) is 12.8 Å². The molecule has 0 spiro atoms. The predicted octanol–water partition coefficient (Wildman–Crippen LogP) is 4.22. The molecule has 17 heavy (non-hydrogen) atoms. The molecular formula is C14H17BrO2. The van der Waals surface area contributed by atoms with Gasteiger partial charge in [-0.05, 0) is 43.4 Å². The Labute approximate surface area is 110 Å². The highest BCUT2D eigenvalue weighted by molar-refractivity contribution is 9.10. The van der Waals surface area contributed by atoms with Crippen LogP contribution in [0.2, 0.25) is 0 Å². The van der Waals surface area contributed by atoms with Gasteiger partial charge in [0.1, 0.15) is 5.75 Å². The van der Waals surface area contributed by atoms with Gasteiger partial charge in [0.25, 0.3) is 0 Å². The standard InChI is InChI=1S/C14H17BrO2/c1-10-3-2-4-12(7-10)17-13-5-6-14(15)11(8-13)9-16/h5-6,8-10,12H,2-4,7H2,1H3. The van der Waals surface area contributed by atoms with Gasteiger partial charge in [-0.2, -0.15) is 0 Å². The van der Waals surface area contributed by atoms with Crippen LogP contribution in [0, 0.1) is 5.92 Å². The van der Waals surface area contributed by atoms with Gasteiger partial charge in [-0.15, -0.1) is 0 Å². The summed E-state index contributed by atoms with van der Waals surface area (Å²) in [6.07, 6.45) is 5.94. The van der Waals surface area contributed by atoms with Crippen LogP contribution < -0.4 is 4.74 Å². The molecule has 1 aromatic carbocycles. The van der Waals surface area contributed by atoms with Crippen molar-refractivity contribution in [1.82, 2.24) is 0 Å². The molecular weight excluding hydrogens is 280 g/mol. The first-order chi connectivity index (χ1) is 8.19. The topological polar surface area (TPSA) is 26.3 Å². The van der Waals surface area contributed by atoms with Gasteiger partial charge in [0.2, 0.25) is 0 Å². The third kappa shape index (κ3) is 3.32. The number of hydrogen-bond acceptors (Lipinski definition) is 2. The maximum absolute atomic E-state index is 10.8. The molecule has 1 aliphatic carbocycles. The Balaban J connectivity index is 2.05. The lowest BCUT2D eigenvalue weighted by molar-refractivity contribution is 0.111. The molecule has 0 saturated heterocycles. The van der Waals surface area contributed by atoms with Crippen molar-refractivity contribution >= 4 is 22.2 Å². The number of hydrogen-bond donors (Lipinski definition) is 0. The summed E-state index contributed by atoms with van der Waals surface area (Å²) in [5.41, 5.74) is 0.645. The Morgan fingerprint density at radius 1 is 1.41 bits per heavy atom. The van der Waals surface area contributed by atoms with Crippen LogP contribution in [0.4, 0.5) is 0 Å². The van der Waals surface area contributed by atoms with E-state index in [0.717, 1.165) is 35.3 Å². The van der Waals surface area contributed by atoms with E-state index < -0.39 is 0 Å². The average Bonchev–Trinajstić information content (AvgIpc) is 2.32. The normalized spacial score (nSPS) is 24.4. The van der Waals surface area contributed by atoms with Crippen molar-refractivity contribution in [2.45, 2.75) is 38.7 Å². The lowest BCUT2D eigenvalue weighted by atomic mass is 9.89. The molecule has 0 aromatic heterocycles. The predicted molar refractivity (Wildman–Crippen MR) is 71.6 cm³/mol. The van der Waals surface area contributed by atoms with Crippen molar-refractivity contribution in [3.05, 3.63) is 28.2 Å². The van der Waals surface area contributed by atoms with Crippen molar-refractivity contribution in [2.75, 3.05) is 0 Å². The zero-order chi connectivity index (χ0) is 12.3. The third-order valence-corrected chi connectivity index (χ3v) is 4.01. The highest BCUT2D eigenvalue weighted by atomic mass is 79.9. The van der Waals surface area contributed by atoms with Crippen molar-refractivity contribution in [2.24, 2.45) is 5.92 Å². The van der Waals surface area contributed by atoms with Crippen LogP contribution in [0.1, 0.15) is 43.0 Å². The highest BCUT2D eigenvalue weighted by Crippen LogP contribution is 2.28. The van der Waals surface area contributed by atoms with E-state index in [1.807, 2.05) is 12.1 Å². The zero-order valence-corrected chi connectivity index (χ0v) is 11.6. The van der Waals surface area contributed by atoms with Gasteiger partial charge in [-0.25, -0.2) is 0 Å². The Hall–Kier alpha value is -0.830. The second kappa shape index (κ2) is 5.67.